The van der Waals surface area contributed by atoms with E-state index in [1.807, 2.05) is 0 Å². The molecule has 0 aliphatic carbocycles. The maximum Gasteiger partial charge on any atom is 0.450 e. The summed E-state index contributed by atoms with van der Waals surface area (Å²) in [4.78, 5) is 22.0. The molecule has 0 aromatic heterocycles. The van der Waals surface area contributed by atoms with E-state index in [1.54, 1.807) is 0 Å². The maximum absolute atomic E-state index is 13.5. The van der Waals surface area contributed by atoms with Crippen LogP contribution in [0.4, 0.5) is 17.6 Å². The molecule has 0 spiro atoms. The molecule has 0 saturated carbocycles. The van der Waals surface area contributed by atoms with Crippen molar-refractivity contribution in [3.63, 3.8) is 0 Å². The standard InChI is InChI=1S/C11H7ClF4O2/c1-5-2-3-6(10(13)9(5)12)7(17)4-8(18)11(14,15)16/h2-3H,4H2,1H3. The predicted octanol–water partition coefficient (Wildman–Crippen LogP) is 3.49. The van der Waals surface area contributed by atoms with E-state index in [0.717, 1.165) is 6.07 Å². The molecule has 7 heteroatoms. The molecule has 0 saturated heterocycles. The van der Waals surface area contributed by atoms with Gasteiger partial charge in [0.25, 0.3) is 0 Å². The van der Waals surface area contributed by atoms with Gasteiger partial charge in [-0.2, -0.15) is 13.2 Å². The molecule has 0 unspecified atom stereocenters. The average Bonchev–Trinajstić information content (AvgIpc) is 2.24. The number of ketones is 2. The van der Waals surface area contributed by atoms with Gasteiger partial charge in [0.05, 0.1) is 17.0 Å². The van der Waals surface area contributed by atoms with Crippen LogP contribution in [0.15, 0.2) is 12.1 Å². The van der Waals surface area contributed by atoms with Crippen LogP contribution in [0.3, 0.4) is 0 Å². The van der Waals surface area contributed by atoms with Gasteiger partial charge in [-0.1, -0.05) is 17.7 Å². The lowest BCUT2D eigenvalue weighted by Gasteiger charge is -2.07. The normalized spacial score (nSPS) is 11.4. The van der Waals surface area contributed by atoms with Crippen molar-refractivity contribution in [3.05, 3.63) is 34.1 Å². The fraction of sp³-hybridized carbons (Fsp3) is 0.273. The Morgan fingerprint density at radius 2 is 1.83 bits per heavy atom. The fourth-order valence-electron chi connectivity index (χ4n) is 1.20. The van der Waals surface area contributed by atoms with Crippen molar-refractivity contribution in [2.45, 2.75) is 19.5 Å². The van der Waals surface area contributed by atoms with Gasteiger partial charge in [-0.3, -0.25) is 9.59 Å². The Morgan fingerprint density at radius 3 is 2.33 bits per heavy atom. The van der Waals surface area contributed by atoms with E-state index in [4.69, 9.17) is 11.6 Å². The second-order valence-electron chi connectivity index (χ2n) is 3.58. The van der Waals surface area contributed by atoms with Gasteiger partial charge in [-0.25, -0.2) is 4.39 Å². The van der Waals surface area contributed by atoms with E-state index in [9.17, 15) is 27.2 Å². The minimum Gasteiger partial charge on any atom is -0.294 e. The summed E-state index contributed by atoms with van der Waals surface area (Å²) in [7, 11) is 0. The third-order valence-electron chi connectivity index (χ3n) is 2.21. The Balaban J connectivity index is 3.00. The monoisotopic (exact) mass is 282 g/mol. The van der Waals surface area contributed by atoms with Crippen LogP contribution in [-0.2, 0) is 4.79 Å². The van der Waals surface area contributed by atoms with Crippen LogP contribution in [0.5, 0.6) is 0 Å². The van der Waals surface area contributed by atoms with Crippen LogP contribution < -0.4 is 0 Å². The zero-order valence-electron chi connectivity index (χ0n) is 9.07. The second kappa shape index (κ2) is 5.06. The summed E-state index contributed by atoms with van der Waals surface area (Å²) < 4.78 is 49.4. The minimum atomic E-state index is -5.11. The van der Waals surface area contributed by atoms with E-state index < -0.39 is 35.5 Å². The highest BCUT2D eigenvalue weighted by molar-refractivity contribution is 6.32. The van der Waals surface area contributed by atoms with Crippen LogP contribution in [0, 0.1) is 12.7 Å². The van der Waals surface area contributed by atoms with Crippen LogP contribution >= 0.6 is 11.6 Å². The number of benzene rings is 1. The molecule has 0 aliphatic heterocycles. The maximum atomic E-state index is 13.5. The first-order valence-corrected chi connectivity index (χ1v) is 5.10. The van der Waals surface area contributed by atoms with E-state index in [1.165, 1.54) is 13.0 Å². The van der Waals surface area contributed by atoms with Gasteiger partial charge >= 0.3 is 6.18 Å². The van der Waals surface area contributed by atoms with Crippen molar-refractivity contribution < 1.29 is 27.2 Å². The molecule has 0 amide bonds. The fourth-order valence-corrected chi connectivity index (χ4v) is 1.37. The van der Waals surface area contributed by atoms with E-state index in [0.29, 0.717) is 5.56 Å². The number of alkyl halides is 3. The van der Waals surface area contributed by atoms with Gasteiger partial charge in [-0.15, -0.1) is 0 Å². The lowest BCUT2D eigenvalue weighted by molar-refractivity contribution is -0.170. The van der Waals surface area contributed by atoms with Crippen molar-refractivity contribution >= 4 is 23.2 Å². The Bertz CT molecular complexity index is 509. The van der Waals surface area contributed by atoms with Crippen LogP contribution in [0.2, 0.25) is 5.02 Å². The molecule has 18 heavy (non-hydrogen) atoms. The van der Waals surface area contributed by atoms with Gasteiger partial charge in [0.15, 0.2) is 11.6 Å². The summed E-state index contributed by atoms with van der Waals surface area (Å²) in [6.45, 7) is 1.47. The summed E-state index contributed by atoms with van der Waals surface area (Å²) in [6, 6.07) is 2.29. The van der Waals surface area contributed by atoms with E-state index in [2.05, 4.69) is 0 Å². The Labute approximate surface area is 105 Å². The molecule has 98 valence electrons. The number of hydrogen-bond acceptors (Lipinski definition) is 2. The quantitative estimate of drug-likeness (QED) is 0.483. The zero-order chi connectivity index (χ0) is 14.1. The van der Waals surface area contributed by atoms with Crippen molar-refractivity contribution in [1.82, 2.24) is 0 Å². The molecular weight excluding hydrogens is 276 g/mol. The molecule has 0 bridgehead atoms. The van der Waals surface area contributed by atoms with Gasteiger partial charge in [0.2, 0.25) is 5.78 Å². The number of rotatable bonds is 3. The first-order chi connectivity index (χ1) is 8.14. The van der Waals surface area contributed by atoms with Gasteiger partial charge in [0.1, 0.15) is 0 Å². The largest absolute Gasteiger partial charge is 0.450 e. The zero-order valence-corrected chi connectivity index (χ0v) is 9.82. The average molecular weight is 283 g/mol. The predicted molar refractivity (Wildman–Crippen MR) is 56.2 cm³/mol. The summed E-state index contributed by atoms with van der Waals surface area (Å²) in [5.41, 5.74) is -0.281. The first kappa shape index (κ1) is 14.6. The first-order valence-electron chi connectivity index (χ1n) is 4.72. The Hall–Kier alpha value is -1.43. The molecule has 1 aromatic rings. The number of aryl methyl sites for hydroxylation is 1. The molecule has 1 rings (SSSR count). The molecule has 0 heterocycles. The van der Waals surface area contributed by atoms with Crippen LogP contribution in [0.25, 0.3) is 0 Å². The second-order valence-corrected chi connectivity index (χ2v) is 3.96. The molecule has 0 fully saturated rings. The smallest absolute Gasteiger partial charge is 0.294 e. The SMILES string of the molecule is Cc1ccc(C(=O)CC(=O)C(F)(F)F)c(F)c1Cl. The molecule has 0 N–H and O–H groups in total. The van der Waals surface area contributed by atoms with Gasteiger partial charge in [0, 0.05) is 0 Å². The lowest BCUT2D eigenvalue weighted by atomic mass is 10.0. The van der Waals surface area contributed by atoms with E-state index in [-0.39, 0.29) is 5.02 Å². The number of Topliss-reactive ketones (excluding diaryl/α,β-unsaturated/α-hetero) is 2. The summed E-state index contributed by atoms with van der Waals surface area (Å²) in [6.07, 6.45) is -6.54. The number of hydrogen-bond donors (Lipinski definition) is 0. The van der Waals surface area contributed by atoms with Crippen LogP contribution in [0.1, 0.15) is 22.3 Å². The number of carbonyl (C=O) groups excluding carboxylic acids is 2. The topological polar surface area (TPSA) is 34.1 Å². The summed E-state index contributed by atoms with van der Waals surface area (Å²) in [5, 5.41) is -0.347. The number of carbonyl (C=O) groups is 2. The molecule has 0 atom stereocenters. The van der Waals surface area contributed by atoms with Crippen molar-refractivity contribution in [3.8, 4) is 0 Å². The molecule has 1 aromatic carbocycles. The van der Waals surface area contributed by atoms with Crippen molar-refractivity contribution in [1.29, 1.82) is 0 Å². The highest BCUT2D eigenvalue weighted by Crippen LogP contribution is 2.25. The summed E-state index contributed by atoms with van der Waals surface area (Å²) >= 11 is 5.52. The van der Waals surface area contributed by atoms with E-state index >= 15 is 0 Å². The van der Waals surface area contributed by atoms with Crippen LogP contribution in [-0.4, -0.2) is 17.7 Å². The Morgan fingerprint density at radius 1 is 1.28 bits per heavy atom. The molecule has 0 aliphatic rings. The molecular formula is C11H7ClF4O2. The minimum absolute atomic E-state index is 0.341. The molecule has 2 nitrogen and oxygen atoms in total. The van der Waals surface area contributed by atoms with Crippen molar-refractivity contribution in [2.75, 3.05) is 0 Å². The van der Waals surface area contributed by atoms with Crippen molar-refractivity contribution in [2.24, 2.45) is 0 Å². The molecule has 0 radical (unpaired) electrons. The third kappa shape index (κ3) is 3.07. The number of halogens is 5. The Kier molecular flexibility index (Phi) is 4.11. The lowest BCUT2D eigenvalue weighted by Crippen LogP contribution is -2.25. The van der Waals surface area contributed by atoms with Gasteiger partial charge < -0.3 is 0 Å². The third-order valence-corrected chi connectivity index (χ3v) is 2.68. The summed E-state index contributed by atoms with van der Waals surface area (Å²) in [5.74, 6) is -4.59. The van der Waals surface area contributed by atoms with Gasteiger partial charge in [-0.05, 0) is 18.6 Å². The highest BCUT2D eigenvalue weighted by Gasteiger charge is 2.39. The highest BCUT2D eigenvalue weighted by atomic mass is 35.5.